The van der Waals surface area contributed by atoms with Gasteiger partial charge in [0.05, 0.1) is 19.5 Å². The van der Waals surface area contributed by atoms with Crippen LogP contribution >= 0.6 is 0 Å². The molecule has 0 aliphatic carbocycles. The van der Waals surface area contributed by atoms with Gasteiger partial charge in [0, 0.05) is 24.7 Å². The van der Waals surface area contributed by atoms with Crippen molar-refractivity contribution in [2.45, 2.75) is 37.0 Å². The number of aliphatic carboxylic acids is 1. The number of carboxylic acids is 1. The number of aliphatic hydroxyl groups is 2. The summed E-state index contributed by atoms with van der Waals surface area (Å²) in [6.07, 6.45) is 2.54. The zero-order chi connectivity index (χ0) is 26.0. The van der Waals surface area contributed by atoms with Gasteiger partial charge < -0.3 is 47.1 Å². The van der Waals surface area contributed by atoms with Crippen molar-refractivity contribution in [3.63, 3.8) is 0 Å². The number of rotatable bonds is 13. The fourth-order valence-corrected chi connectivity index (χ4v) is 2.99. The van der Waals surface area contributed by atoms with Crippen LogP contribution in [-0.2, 0) is 32.0 Å². The molecule has 3 amide bonds. The van der Waals surface area contributed by atoms with Gasteiger partial charge in [0.1, 0.15) is 29.9 Å². The highest BCUT2D eigenvalue weighted by atomic mass is 16.4. The quantitative estimate of drug-likeness (QED) is 0.135. The van der Waals surface area contributed by atoms with Gasteiger partial charge in [-0.3, -0.25) is 14.4 Å². The molecular weight excluding hydrogens is 464 g/mol. The summed E-state index contributed by atoms with van der Waals surface area (Å²) >= 11 is 0. The number of hydrogen-bond acceptors (Lipinski definition) is 9. The molecule has 0 aliphatic heterocycles. The Morgan fingerprint density at radius 2 is 1.49 bits per heavy atom. The molecule has 0 radical (unpaired) electrons. The molecule has 14 heteroatoms. The van der Waals surface area contributed by atoms with Gasteiger partial charge in [-0.25, -0.2) is 9.78 Å². The number of nitrogens with zero attached hydrogens (tertiary/aromatic N) is 1. The fraction of sp³-hybridized carbons (Fsp3) is 0.381. The number of aromatic nitrogens is 2. The number of aliphatic hydroxyl groups excluding tert-OH is 2. The van der Waals surface area contributed by atoms with Crippen molar-refractivity contribution in [3.05, 3.63) is 48.0 Å². The molecule has 4 atom stereocenters. The summed E-state index contributed by atoms with van der Waals surface area (Å²) in [5.41, 5.74) is 6.48. The number of nitrogens with one attached hydrogen (secondary N) is 4. The van der Waals surface area contributed by atoms with E-state index in [0.717, 1.165) is 0 Å². The molecule has 2 aromatic rings. The van der Waals surface area contributed by atoms with E-state index in [0.29, 0.717) is 11.3 Å². The van der Waals surface area contributed by atoms with Crippen LogP contribution in [0.1, 0.15) is 11.3 Å². The van der Waals surface area contributed by atoms with E-state index in [1.54, 1.807) is 0 Å². The second kappa shape index (κ2) is 13.0. The third-order valence-electron chi connectivity index (χ3n) is 4.95. The number of imidazole rings is 1. The van der Waals surface area contributed by atoms with Crippen LogP contribution in [0.4, 0.5) is 0 Å². The molecule has 0 saturated heterocycles. The summed E-state index contributed by atoms with van der Waals surface area (Å²) in [5.74, 6) is -4.02. The Balaban J connectivity index is 2.12. The summed E-state index contributed by atoms with van der Waals surface area (Å²) in [6.45, 7) is -1.53. The molecule has 2 rings (SSSR count). The maximum Gasteiger partial charge on any atom is 0.326 e. The van der Waals surface area contributed by atoms with Gasteiger partial charge in [0.25, 0.3) is 0 Å². The number of aromatic amines is 1. The highest BCUT2D eigenvalue weighted by Gasteiger charge is 2.30. The highest BCUT2D eigenvalue weighted by molar-refractivity contribution is 5.94. The Morgan fingerprint density at radius 1 is 0.886 bits per heavy atom. The van der Waals surface area contributed by atoms with E-state index in [9.17, 15) is 34.5 Å². The van der Waals surface area contributed by atoms with Gasteiger partial charge in [-0.2, -0.15) is 0 Å². The molecule has 0 bridgehead atoms. The van der Waals surface area contributed by atoms with Gasteiger partial charge in [0.2, 0.25) is 17.7 Å². The number of phenolic OH excluding ortho intramolecular Hbond substituents is 1. The summed E-state index contributed by atoms with van der Waals surface area (Å²) in [5, 5.41) is 44.5. The number of phenols is 1. The number of benzene rings is 1. The van der Waals surface area contributed by atoms with Crippen LogP contribution in [0.3, 0.4) is 0 Å². The average molecular weight is 492 g/mol. The van der Waals surface area contributed by atoms with E-state index in [1.807, 2.05) is 0 Å². The molecule has 14 nitrogen and oxygen atoms in total. The fourth-order valence-electron chi connectivity index (χ4n) is 2.99. The van der Waals surface area contributed by atoms with Crippen LogP contribution in [0.5, 0.6) is 5.75 Å². The summed E-state index contributed by atoms with van der Waals surface area (Å²) in [7, 11) is 0. The van der Waals surface area contributed by atoms with Crippen LogP contribution in [0.15, 0.2) is 36.8 Å². The van der Waals surface area contributed by atoms with Crippen LogP contribution < -0.4 is 21.7 Å². The molecule has 1 aromatic carbocycles. The third-order valence-corrected chi connectivity index (χ3v) is 4.95. The lowest BCUT2D eigenvalue weighted by atomic mass is 10.0. The van der Waals surface area contributed by atoms with E-state index in [2.05, 4.69) is 25.9 Å². The lowest BCUT2D eigenvalue weighted by molar-refractivity contribution is -0.142. The summed E-state index contributed by atoms with van der Waals surface area (Å²) < 4.78 is 0. The molecule has 0 saturated carbocycles. The van der Waals surface area contributed by atoms with E-state index in [4.69, 9.17) is 10.8 Å². The molecule has 0 spiro atoms. The number of carboxylic acid groups (broad SMARTS) is 1. The van der Waals surface area contributed by atoms with Crippen molar-refractivity contribution in [1.29, 1.82) is 0 Å². The number of carbonyl (C=O) groups is 4. The number of amides is 3. The highest BCUT2D eigenvalue weighted by Crippen LogP contribution is 2.12. The van der Waals surface area contributed by atoms with Gasteiger partial charge in [-0.05, 0) is 17.7 Å². The van der Waals surface area contributed by atoms with Crippen molar-refractivity contribution in [1.82, 2.24) is 25.9 Å². The number of carbonyl (C=O) groups excluding carboxylic acids is 3. The minimum absolute atomic E-state index is 0.0128. The van der Waals surface area contributed by atoms with E-state index in [-0.39, 0.29) is 18.6 Å². The Labute approximate surface area is 199 Å². The number of hydrogen-bond donors (Lipinski definition) is 9. The molecule has 190 valence electrons. The average Bonchev–Trinajstić information content (AvgIpc) is 3.35. The topological polar surface area (TPSA) is 240 Å². The molecule has 4 unspecified atom stereocenters. The van der Waals surface area contributed by atoms with Gasteiger partial charge in [-0.15, -0.1) is 0 Å². The molecular formula is C21H28N6O8. The maximum absolute atomic E-state index is 12.9. The smallest absolute Gasteiger partial charge is 0.326 e. The van der Waals surface area contributed by atoms with Crippen molar-refractivity contribution in [2.24, 2.45) is 5.73 Å². The Bertz CT molecular complexity index is 998. The lowest BCUT2D eigenvalue weighted by Crippen LogP contribution is -2.59. The molecule has 35 heavy (non-hydrogen) atoms. The first kappa shape index (κ1) is 27.2. The van der Waals surface area contributed by atoms with E-state index >= 15 is 0 Å². The van der Waals surface area contributed by atoms with Gasteiger partial charge in [0.15, 0.2) is 0 Å². The first-order valence-corrected chi connectivity index (χ1v) is 10.5. The predicted octanol–water partition coefficient (Wildman–Crippen LogP) is -3.25. The zero-order valence-electron chi connectivity index (χ0n) is 18.5. The second-order valence-electron chi connectivity index (χ2n) is 7.64. The van der Waals surface area contributed by atoms with Gasteiger partial charge >= 0.3 is 5.97 Å². The standard InChI is InChI=1S/C21H28N6O8/c22-14(8-28)18(31)25-15(5-11-1-3-13(30)4-2-11)19(32)27-17(9-29)20(33)26-16(21(34)35)6-12-7-23-10-24-12/h1-4,7,10,14-17,28-30H,5-6,8-9,22H2,(H,23,24)(H,25,31)(H,26,33)(H,27,32)(H,34,35). The second-order valence-corrected chi connectivity index (χ2v) is 7.64. The Morgan fingerprint density at radius 3 is 2.03 bits per heavy atom. The van der Waals surface area contributed by atoms with Gasteiger partial charge in [-0.1, -0.05) is 12.1 Å². The zero-order valence-corrected chi connectivity index (χ0v) is 18.5. The minimum Gasteiger partial charge on any atom is -0.508 e. The number of nitrogens with two attached hydrogens (primary N) is 1. The van der Waals surface area contributed by atoms with Crippen molar-refractivity contribution < 1.29 is 39.6 Å². The first-order valence-electron chi connectivity index (χ1n) is 10.5. The lowest BCUT2D eigenvalue weighted by Gasteiger charge is -2.24. The van der Waals surface area contributed by atoms with Crippen LogP contribution in [0.2, 0.25) is 0 Å². The molecule has 1 aromatic heterocycles. The normalized spacial score (nSPS) is 14.3. The molecule has 1 heterocycles. The van der Waals surface area contributed by atoms with Crippen LogP contribution in [0.25, 0.3) is 0 Å². The Kier molecular flexibility index (Phi) is 10.1. The molecule has 10 N–H and O–H groups in total. The largest absolute Gasteiger partial charge is 0.508 e. The monoisotopic (exact) mass is 492 g/mol. The summed E-state index contributed by atoms with van der Waals surface area (Å²) in [6, 6.07) is 0.296. The van der Waals surface area contributed by atoms with E-state index < -0.39 is 61.1 Å². The maximum atomic E-state index is 12.9. The van der Waals surface area contributed by atoms with Crippen molar-refractivity contribution in [3.8, 4) is 5.75 Å². The number of H-pyrrole nitrogens is 1. The van der Waals surface area contributed by atoms with E-state index in [1.165, 1.54) is 36.8 Å². The predicted molar refractivity (Wildman–Crippen MR) is 120 cm³/mol. The van der Waals surface area contributed by atoms with Crippen LogP contribution in [0, 0.1) is 0 Å². The molecule has 0 aliphatic rings. The van der Waals surface area contributed by atoms with Crippen molar-refractivity contribution >= 4 is 23.7 Å². The molecule has 0 fully saturated rings. The minimum atomic E-state index is -1.53. The first-order chi connectivity index (χ1) is 16.6. The SMILES string of the molecule is NC(CO)C(=O)NC(Cc1ccc(O)cc1)C(=O)NC(CO)C(=O)NC(Cc1cnc[nH]1)C(=O)O. The Hall–Kier alpha value is -4.01. The summed E-state index contributed by atoms with van der Waals surface area (Å²) in [4.78, 5) is 55.7. The third kappa shape index (κ3) is 8.37. The van der Waals surface area contributed by atoms with Crippen molar-refractivity contribution in [2.75, 3.05) is 13.2 Å². The number of aromatic hydroxyl groups is 1. The van der Waals surface area contributed by atoms with Crippen LogP contribution in [-0.4, -0.2) is 91.5 Å².